The van der Waals surface area contributed by atoms with E-state index in [0.29, 0.717) is 22.5 Å². The molecule has 0 radical (unpaired) electrons. The predicted molar refractivity (Wildman–Crippen MR) is 120 cm³/mol. The summed E-state index contributed by atoms with van der Waals surface area (Å²) in [6.07, 6.45) is 1.78. The van der Waals surface area contributed by atoms with Crippen molar-refractivity contribution in [3.63, 3.8) is 0 Å². The van der Waals surface area contributed by atoms with Crippen LogP contribution in [0, 0.1) is 25.5 Å². The maximum Gasteiger partial charge on any atom is 0.263 e. The number of halogens is 2. The van der Waals surface area contributed by atoms with E-state index < -0.39 is 23.4 Å². The Labute approximate surface area is 190 Å². The molecule has 0 bridgehead atoms. The Morgan fingerprint density at radius 3 is 2.70 bits per heavy atom. The summed E-state index contributed by atoms with van der Waals surface area (Å²) in [4.78, 5) is 30.9. The number of carbonyl (C=O) groups excluding carboxylic acids is 2. The van der Waals surface area contributed by atoms with Crippen molar-refractivity contribution < 1.29 is 23.1 Å². The highest BCUT2D eigenvalue weighted by Gasteiger charge is 2.30. The molecule has 0 fully saturated rings. The lowest BCUT2D eigenvalue weighted by Crippen LogP contribution is -2.33. The molecule has 1 aliphatic rings. The molecule has 33 heavy (non-hydrogen) atoms. The monoisotopic (exact) mass is 451 g/mol. The van der Waals surface area contributed by atoms with E-state index in [1.165, 1.54) is 24.1 Å². The van der Waals surface area contributed by atoms with Crippen molar-refractivity contribution in [2.24, 2.45) is 0 Å². The highest BCUT2D eigenvalue weighted by atomic mass is 19.1. The average Bonchev–Trinajstić information content (AvgIpc) is 2.96. The van der Waals surface area contributed by atoms with Crippen molar-refractivity contribution in [2.75, 3.05) is 25.1 Å². The Bertz CT molecular complexity index is 1260. The molecule has 4 rings (SSSR count). The van der Waals surface area contributed by atoms with Gasteiger partial charge in [-0.25, -0.2) is 13.8 Å². The number of amides is 2. The zero-order valence-corrected chi connectivity index (χ0v) is 18.5. The molecular formula is C25H23F2N3O3. The van der Waals surface area contributed by atoms with E-state index >= 15 is 4.39 Å². The number of fused-ring (bicyclic) bond motifs is 1. The normalized spacial score (nSPS) is 13.2. The van der Waals surface area contributed by atoms with Gasteiger partial charge in [-0.05, 0) is 66.8 Å². The highest BCUT2D eigenvalue weighted by molar-refractivity contribution is 6.08. The van der Waals surface area contributed by atoms with Crippen molar-refractivity contribution in [1.29, 1.82) is 0 Å². The maximum atomic E-state index is 15.3. The molecule has 1 aliphatic heterocycles. The SMILES string of the molecule is CNC(=O)c1ccc(Cc2cc3c(c(F)c2C)OCCN(c2ncccc2C)C3=O)cc1F. The molecule has 2 aromatic carbocycles. The molecule has 2 heterocycles. The number of aromatic nitrogens is 1. The molecule has 0 saturated heterocycles. The van der Waals surface area contributed by atoms with Gasteiger partial charge in [-0.1, -0.05) is 12.1 Å². The van der Waals surface area contributed by atoms with Gasteiger partial charge in [-0.15, -0.1) is 0 Å². The van der Waals surface area contributed by atoms with Gasteiger partial charge in [0.05, 0.1) is 17.7 Å². The zero-order chi connectivity index (χ0) is 23.7. The fourth-order valence-corrected chi connectivity index (χ4v) is 3.92. The van der Waals surface area contributed by atoms with Gasteiger partial charge in [0.15, 0.2) is 11.6 Å². The second kappa shape index (κ2) is 8.97. The first-order valence-electron chi connectivity index (χ1n) is 10.5. The van der Waals surface area contributed by atoms with Crippen LogP contribution in [0.25, 0.3) is 0 Å². The van der Waals surface area contributed by atoms with E-state index in [9.17, 15) is 14.0 Å². The van der Waals surface area contributed by atoms with E-state index in [0.717, 1.165) is 5.56 Å². The van der Waals surface area contributed by atoms with Crippen LogP contribution in [-0.2, 0) is 6.42 Å². The summed E-state index contributed by atoms with van der Waals surface area (Å²) in [6.45, 7) is 3.79. The quantitative estimate of drug-likeness (QED) is 0.652. The summed E-state index contributed by atoms with van der Waals surface area (Å²) < 4.78 is 35.3. The number of nitrogens with one attached hydrogen (secondary N) is 1. The standard InChI is InChI=1S/C25H23F2N3O3/c1-14-5-4-8-29-23(14)30-9-10-33-22-19(25(30)32)13-17(15(2)21(22)27)11-16-6-7-18(20(26)12-16)24(31)28-3/h4-8,12-13H,9-11H2,1-3H3,(H,28,31). The van der Waals surface area contributed by atoms with Gasteiger partial charge in [-0.3, -0.25) is 14.5 Å². The van der Waals surface area contributed by atoms with Crippen LogP contribution in [-0.4, -0.2) is 37.0 Å². The van der Waals surface area contributed by atoms with Gasteiger partial charge in [0.1, 0.15) is 18.2 Å². The van der Waals surface area contributed by atoms with Crippen molar-refractivity contribution in [2.45, 2.75) is 20.3 Å². The van der Waals surface area contributed by atoms with Gasteiger partial charge in [0, 0.05) is 13.2 Å². The van der Waals surface area contributed by atoms with E-state index in [2.05, 4.69) is 10.3 Å². The Balaban J connectivity index is 1.73. The molecule has 0 aliphatic carbocycles. The average molecular weight is 451 g/mol. The molecule has 0 saturated carbocycles. The van der Waals surface area contributed by atoms with Crippen LogP contribution < -0.4 is 15.0 Å². The number of hydrogen-bond donors (Lipinski definition) is 1. The summed E-state index contributed by atoms with van der Waals surface area (Å²) in [7, 11) is 1.42. The summed E-state index contributed by atoms with van der Waals surface area (Å²) in [5.74, 6) is -1.81. The van der Waals surface area contributed by atoms with Gasteiger partial charge < -0.3 is 10.1 Å². The second-order valence-corrected chi connectivity index (χ2v) is 7.87. The largest absolute Gasteiger partial charge is 0.488 e. The number of nitrogens with zero attached hydrogens (tertiary/aromatic N) is 2. The number of ether oxygens (including phenoxy) is 1. The molecule has 1 N–H and O–H groups in total. The second-order valence-electron chi connectivity index (χ2n) is 7.87. The minimum atomic E-state index is -0.670. The lowest BCUT2D eigenvalue weighted by molar-refractivity contribution is 0.0957. The number of anilines is 1. The number of carbonyl (C=O) groups is 2. The third-order valence-electron chi connectivity index (χ3n) is 5.75. The van der Waals surface area contributed by atoms with Crippen LogP contribution >= 0.6 is 0 Å². The molecular weight excluding hydrogens is 428 g/mol. The molecule has 170 valence electrons. The van der Waals surface area contributed by atoms with Crippen LogP contribution in [0.2, 0.25) is 0 Å². The number of hydrogen-bond acceptors (Lipinski definition) is 4. The van der Waals surface area contributed by atoms with Crippen LogP contribution in [0.4, 0.5) is 14.6 Å². The first-order valence-corrected chi connectivity index (χ1v) is 10.5. The summed E-state index contributed by atoms with van der Waals surface area (Å²) >= 11 is 0. The fraction of sp³-hybridized carbons (Fsp3) is 0.240. The number of rotatable bonds is 4. The minimum absolute atomic E-state index is 0.0731. The van der Waals surface area contributed by atoms with Crippen molar-refractivity contribution >= 4 is 17.6 Å². The Hall–Kier alpha value is -3.81. The van der Waals surface area contributed by atoms with Gasteiger partial charge in [-0.2, -0.15) is 0 Å². The highest BCUT2D eigenvalue weighted by Crippen LogP contribution is 2.34. The lowest BCUT2D eigenvalue weighted by Gasteiger charge is -2.21. The molecule has 0 unspecified atom stereocenters. The van der Waals surface area contributed by atoms with Crippen LogP contribution in [0.1, 0.15) is 43.0 Å². The van der Waals surface area contributed by atoms with Crippen molar-refractivity contribution in [3.05, 3.63) is 87.6 Å². The van der Waals surface area contributed by atoms with Gasteiger partial charge in [0.25, 0.3) is 11.8 Å². The van der Waals surface area contributed by atoms with E-state index in [-0.39, 0.29) is 36.4 Å². The van der Waals surface area contributed by atoms with E-state index in [1.54, 1.807) is 31.3 Å². The molecule has 0 spiro atoms. The topological polar surface area (TPSA) is 71.5 Å². The summed E-state index contributed by atoms with van der Waals surface area (Å²) in [5.41, 5.74) is 2.22. The first-order chi connectivity index (χ1) is 15.8. The van der Waals surface area contributed by atoms with Gasteiger partial charge in [0.2, 0.25) is 0 Å². The predicted octanol–water partition coefficient (Wildman–Crippen LogP) is 3.97. The molecule has 2 amide bonds. The first kappa shape index (κ1) is 22.4. The third-order valence-corrected chi connectivity index (χ3v) is 5.75. The van der Waals surface area contributed by atoms with Gasteiger partial charge >= 0.3 is 0 Å². The number of aryl methyl sites for hydroxylation is 1. The van der Waals surface area contributed by atoms with E-state index in [1.807, 2.05) is 13.0 Å². The number of benzene rings is 2. The number of pyridine rings is 1. The fourth-order valence-electron chi connectivity index (χ4n) is 3.92. The smallest absolute Gasteiger partial charge is 0.263 e. The Morgan fingerprint density at radius 1 is 1.21 bits per heavy atom. The summed E-state index contributed by atoms with van der Waals surface area (Å²) in [6, 6.07) is 9.46. The van der Waals surface area contributed by atoms with Crippen LogP contribution in [0.5, 0.6) is 5.75 Å². The summed E-state index contributed by atoms with van der Waals surface area (Å²) in [5, 5.41) is 2.38. The van der Waals surface area contributed by atoms with Crippen molar-refractivity contribution in [3.8, 4) is 5.75 Å². The third kappa shape index (κ3) is 4.16. The van der Waals surface area contributed by atoms with Crippen molar-refractivity contribution in [1.82, 2.24) is 10.3 Å². The Morgan fingerprint density at radius 2 is 2.00 bits per heavy atom. The van der Waals surface area contributed by atoms with Crippen LogP contribution in [0.15, 0.2) is 42.6 Å². The molecule has 8 heteroatoms. The molecule has 1 aromatic heterocycles. The Kier molecular flexibility index (Phi) is 6.09. The minimum Gasteiger partial charge on any atom is -0.488 e. The zero-order valence-electron chi connectivity index (χ0n) is 18.5. The maximum absolute atomic E-state index is 15.3. The van der Waals surface area contributed by atoms with Crippen LogP contribution in [0.3, 0.4) is 0 Å². The molecule has 6 nitrogen and oxygen atoms in total. The van der Waals surface area contributed by atoms with E-state index in [4.69, 9.17) is 4.74 Å². The molecule has 3 aromatic rings. The molecule has 0 atom stereocenters. The lowest BCUT2D eigenvalue weighted by atomic mass is 9.95.